The van der Waals surface area contributed by atoms with Crippen LogP contribution in [0.4, 0.5) is 0 Å². The molecule has 2 heterocycles. The van der Waals surface area contributed by atoms with Gasteiger partial charge in [-0.15, -0.1) is 0 Å². The normalized spacial score (nSPS) is 14.8. The molecule has 0 amide bonds. The van der Waals surface area contributed by atoms with Crippen LogP contribution in [0.15, 0.2) is 144 Å². The molecule has 8 aromatic rings. The van der Waals surface area contributed by atoms with E-state index in [9.17, 15) is 0 Å². The van der Waals surface area contributed by atoms with Crippen LogP contribution < -0.4 is 0 Å². The summed E-state index contributed by atoms with van der Waals surface area (Å²) in [5.74, 6) is 2.14. The molecule has 0 saturated carbocycles. The van der Waals surface area contributed by atoms with E-state index in [0.29, 0.717) is 17.5 Å². The van der Waals surface area contributed by atoms with Crippen LogP contribution in [-0.2, 0) is 19.3 Å². The van der Waals surface area contributed by atoms with Crippen molar-refractivity contribution in [3.05, 3.63) is 167 Å². The van der Waals surface area contributed by atoms with Gasteiger partial charge in [0.25, 0.3) is 0 Å². The second-order valence-corrected chi connectivity index (χ2v) is 13.1. The Labute approximate surface area is 284 Å². The van der Waals surface area contributed by atoms with Gasteiger partial charge in [0.05, 0.1) is 0 Å². The summed E-state index contributed by atoms with van der Waals surface area (Å²) in [6.07, 6.45) is 7.57. The first-order valence-electron chi connectivity index (χ1n) is 17.0. The minimum atomic E-state index is 0.196. The van der Waals surface area contributed by atoms with Gasteiger partial charge in [-0.2, -0.15) is 0 Å². The molecule has 0 fully saturated rings. The molecule has 4 nitrogen and oxygen atoms in total. The van der Waals surface area contributed by atoms with Crippen molar-refractivity contribution in [1.29, 1.82) is 0 Å². The van der Waals surface area contributed by atoms with E-state index in [2.05, 4.69) is 115 Å². The maximum absolute atomic E-state index is 6.55. The second-order valence-electron chi connectivity index (χ2n) is 13.1. The number of hydrogen-bond donors (Lipinski definition) is 0. The van der Waals surface area contributed by atoms with Gasteiger partial charge in [0.15, 0.2) is 17.5 Å². The first-order chi connectivity index (χ1) is 24.2. The van der Waals surface area contributed by atoms with E-state index in [1.807, 2.05) is 30.3 Å². The quantitative estimate of drug-likeness (QED) is 0.194. The Balaban J connectivity index is 1.20. The number of fused-ring (bicyclic) bond motifs is 7. The van der Waals surface area contributed by atoms with E-state index in [-0.39, 0.29) is 5.92 Å². The van der Waals surface area contributed by atoms with Gasteiger partial charge in [-0.3, -0.25) is 0 Å². The molecule has 0 N–H and O–H groups in total. The SMILES string of the molecule is C1=CC(c2cc(-c3nc(-c4ccccc4)nc(-c4ccc5c(c4)-c4ccccc4CC5)n3)c3c(c2)oc2ccccc23)Cc2ccccc21. The van der Waals surface area contributed by atoms with Crippen LogP contribution in [-0.4, -0.2) is 15.0 Å². The molecule has 0 spiro atoms. The average molecular weight is 630 g/mol. The van der Waals surface area contributed by atoms with Crippen LogP contribution in [0.1, 0.15) is 33.7 Å². The number of rotatable bonds is 4. The highest BCUT2D eigenvalue weighted by molar-refractivity contribution is 6.12. The standard InChI is InChI=1S/C45H31N3O/c1-2-12-31(13-3-1)43-46-44(34-23-21-30-20-19-29-11-6-7-15-36(29)38(30)25-34)48-45(47-43)39-26-35(33-22-18-28-10-4-5-14-32(28)24-33)27-41-42(39)37-16-8-9-17-40(37)49-41/h1-18,21-23,25-27,33H,19-20,24H2. The first kappa shape index (κ1) is 27.9. The molecule has 6 aromatic carbocycles. The molecule has 10 rings (SSSR count). The van der Waals surface area contributed by atoms with Crippen molar-refractivity contribution in [3.8, 4) is 45.3 Å². The lowest BCUT2D eigenvalue weighted by atomic mass is 9.84. The van der Waals surface area contributed by atoms with Gasteiger partial charge in [0.1, 0.15) is 11.2 Å². The Morgan fingerprint density at radius 3 is 2.12 bits per heavy atom. The zero-order valence-corrected chi connectivity index (χ0v) is 26.8. The fraction of sp³-hybridized carbons (Fsp3) is 0.0889. The van der Waals surface area contributed by atoms with Gasteiger partial charge in [-0.05, 0) is 82.5 Å². The van der Waals surface area contributed by atoms with Crippen molar-refractivity contribution in [2.45, 2.75) is 25.2 Å². The molecule has 232 valence electrons. The number of furan rings is 1. The maximum Gasteiger partial charge on any atom is 0.164 e. The molecular weight excluding hydrogens is 599 g/mol. The highest BCUT2D eigenvalue weighted by Gasteiger charge is 2.23. The molecule has 1 atom stereocenters. The highest BCUT2D eigenvalue weighted by Crippen LogP contribution is 2.41. The Hall–Kier alpha value is -6.13. The van der Waals surface area contributed by atoms with Gasteiger partial charge in [-0.25, -0.2) is 15.0 Å². The van der Waals surface area contributed by atoms with Crippen molar-refractivity contribution < 1.29 is 4.42 Å². The average Bonchev–Trinajstić information content (AvgIpc) is 3.56. The summed E-state index contributed by atoms with van der Waals surface area (Å²) in [7, 11) is 0. The number of nitrogens with zero attached hydrogens (tertiary/aromatic N) is 3. The number of hydrogen-bond acceptors (Lipinski definition) is 4. The summed E-state index contributed by atoms with van der Waals surface area (Å²) in [4.78, 5) is 15.6. The largest absolute Gasteiger partial charge is 0.456 e. The number of allylic oxidation sites excluding steroid dienone is 1. The van der Waals surface area contributed by atoms with Crippen LogP contribution in [0, 0.1) is 0 Å². The van der Waals surface area contributed by atoms with Crippen molar-refractivity contribution in [3.63, 3.8) is 0 Å². The number of aromatic nitrogens is 3. The summed E-state index contributed by atoms with van der Waals surface area (Å²) >= 11 is 0. The molecule has 4 heteroatoms. The van der Waals surface area contributed by atoms with E-state index in [0.717, 1.165) is 57.9 Å². The lowest BCUT2D eigenvalue weighted by molar-refractivity contribution is 0.667. The summed E-state index contributed by atoms with van der Waals surface area (Å²) in [5.41, 5.74) is 13.7. The molecule has 2 aliphatic carbocycles. The van der Waals surface area contributed by atoms with Crippen LogP contribution in [0.3, 0.4) is 0 Å². The minimum Gasteiger partial charge on any atom is -0.456 e. The second kappa shape index (κ2) is 11.2. The monoisotopic (exact) mass is 629 g/mol. The fourth-order valence-corrected chi connectivity index (χ4v) is 7.70. The first-order valence-corrected chi connectivity index (χ1v) is 17.0. The molecule has 0 aliphatic heterocycles. The molecule has 0 saturated heterocycles. The molecule has 49 heavy (non-hydrogen) atoms. The van der Waals surface area contributed by atoms with Gasteiger partial charge in [0, 0.05) is 33.4 Å². The van der Waals surface area contributed by atoms with E-state index in [1.54, 1.807) is 0 Å². The summed E-state index contributed by atoms with van der Waals surface area (Å²) in [5, 5.41) is 2.08. The van der Waals surface area contributed by atoms with Gasteiger partial charge in [0.2, 0.25) is 0 Å². The van der Waals surface area contributed by atoms with Gasteiger partial charge < -0.3 is 4.42 Å². The molecule has 2 aliphatic rings. The third-order valence-electron chi connectivity index (χ3n) is 10.2. The van der Waals surface area contributed by atoms with Crippen LogP contribution in [0.25, 0.3) is 73.3 Å². The number of para-hydroxylation sites is 1. The zero-order valence-electron chi connectivity index (χ0n) is 26.8. The Bertz CT molecular complexity index is 2600. The van der Waals surface area contributed by atoms with Crippen LogP contribution >= 0.6 is 0 Å². The third-order valence-corrected chi connectivity index (χ3v) is 10.2. The molecule has 0 bridgehead atoms. The summed E-state index contributed by atoms with van der Waals surface area (Å²) < 4.78 is 6.55. The summed E-state index contributed by atoms with van der Waals surface area (Å²) in [6.45, 7) is 0. The Morgan fingerprint density at radius 1 is 0.510 bits per heavy atom. The lowest BCUT2D eigenvalue weighted by Gasteiger charge is -2.21. The van der Waals surface area contributed by atoms with Crippen molar-refractivity contribution in [2.75, 3.05) is 0 Å². The lowest BCUT2D eigenvalue weighted by Crippen LogP contribution is -2.07. The molecule has 1 unspecified atom stereocenters. The molecule has 2 aromatic heterocycles. The predicted molar refractivity (Wildman–Crippen MR) is 198 cm³/mol. The number of benzene rings is 6. The highest BCUT2D eigenvalue weighted by atomic mass is 16.3. The van der Waals surface area contributed by atoms with Crippen molar-refractivity contribution in [1.82, 2.24) is 15.0 Å². The van der Waals surface area contributed by atoms with E-state index in [4.69, 9.17) is 19.4 Å². The van der Waals surface area contributed by atoms with E-state index < -0.39 is 0 Å². The minimum absolute atomic E-state index is 0.196. The third kappa shape index (κ3) is 4.79. The van der Waals surface area contributed by atoms with Gasteiger partial charge in [-0.1, -0.05) is 121 Å². The summed E-state index contributed by atoms with van der Waals surface area (Å²) in [6, 6.07) is 47.0. The fourth-order valence-electron chi connectivity index (χ4n) is 7.70. The maximum atomic E-state index is 6.55. The van der Waals surface area contributed by atoms with Crippen molar-refractivity contribution >= 4 is 28.0 Å². The number of aryl methyl sites for hydroxylation is 2. The van der Waals surface area contributed by atoms with E-state index >= 15 is 0 Å². The van der Waals surface area contributed by atoms with Gasteiger partial charge >= 0.3 is 0 Å². The van der Waals surface area contributed by atoms with E-state index in [1.165, 1.54) is 38.9 Å². The Kier molecular flexibility index (Phi) is 6.41. The predicted octanol–water partition coefficient (Wildman–Crippen LogP) is 10.9. The van der Waals surface area contributed by atoms with Crippen molar-refractivity contribution in [2.24, 2.45) is 0 Å². The molecule has 0 radical (unpaired) electrons. The Morgan fingerprint density at radius 2 is 1.22 bits per heavy atom. The van der Waals surface area contributed by atoms with Crippen LogP contribution in [0.5, 0.6) is 0 Å². The van der Waals surface area contributed by atoms with Crippen LogP contribution in [0.2, 0.25) is 0 Å². The molecular formula is C45H31N3O. The zero-order chi connectivity index (χ0) is 32.3. The topological polar surface area (TPSA) is 51.8 Å². The smallest absolute Gasteiger partial charge is 0.164 e.